The Kier molecular flexibility index (Phi) is 1.78. The van der Waals surface area contributed by atoms with Gasteiger partial charge in [0.2, 0.25) is 0 Å². The van der Waals surface area contributed by atoms with E-state index in [0.29, 0.717) is 12.7 Å². The second kappa shape index (κ2) is 2.81. The quantitative estimate of drug-likeness (QED) is 0.711. The van der Waals surface area contributed by atoms with Gasteiger partial charge in [0.1, 0.15) is 0 Å². The van der Waals surface area contributed by atoms with Gasteiger partial charge < -0.3 is 9.47 Å². The second-order valence-electron chi connectivity index (χ2n) is 3.80. The molecular formula is C9H11BrN2O2. The van der Waals surface area contributed by atoms with Crippen LogP contribution in [0.1, 0.15) is 12.1 Å². The maximum atomic E-state index is 5.76. The summed E-state index contributed by atoms with van der Waals surface area (Å²) >= 11 is 3.50. The fraction of sp³-hybridized carbons (Fsp3) is 0.667. The molecule has 1 aromatic heterocycles. The van der Waals surface area contributed by atoms with E-state index in [1.807, 2.05) is 11.7 Å². The zero-order valence-electron chi connectivity index (χ0n) is 7.86. The van der Waals surface area contributed by atoms with Crippen molar-refractivity contribution in [2.75, 3.05) is 13.2 Å². The third-order valence-electron chi connectivity index (χ3n) is 2.95. The molecule has 0 amide bonds. The van der Waals surface area contributed by atoms with Crippen molar-refractivity contribution in [2.45, 2.75) is 18.1 Å². The Morgan fingerprint density at radius 3 is 3.21 bits per heavy atom. The average molecular weight is 259 g/mol. The van der Waals surface area contributed by atoms with E-state index in [1.165, 1.54) is 0 Å². The van der Waals surface area contributed by atoms with E-state index in [9.17, 15) is 0 Å². The van der Waals surface area contributed by atoms with Gasteiger partial charge in [-0.1, -0.05) is 0 Å². The summed E-state index contributed by atoms with van der Waals surface area (Å²) in [4.78, 5) is 0. The highest BCUT2D eigenvalue weighted by atomic mass is 79.9. The summed E-state index contributed by atoms with van der Waals surface area (Å²) in [6.45, 7) is 1.46. The van der Waals surface area contributed by atoms with E-state index >= 15 is 0 Å². The maximum Gasteiger partial charge on any atom is 0.160 e. The SMILES string of the molecule is Cn1ncc(Br)c1[C@@]12COCC[C@@H]1O2. The number of ether oxygens (including phenoxy) is 2. The van der Waals surface area contributed by atoms with Crippen LogP contribution in [0.3, 0.4) is 0 Å². The lowest BCUT2D eigenvalue weighted by molar-refractivity contribution is 0.0682. The molecular weight excluding hydrogens is 248 g/mol. The zero-order chi connectivity index (χ0) is 9.76. The van der Waals surface area contributed by atoms with Crippen molar-refractivity contribution in [1.82, 2.24) is 9.78 Å². The molecule has 2 aliphatic rings. The number of hydrogen-bond acceptors (Lipinski definition) is 3. The van der Waals surface area contributed by atoms with Crippen LogP contribution < -0.4 is 0 Å². The Hall–Kier alpha value is -0.390. The number of halogens is 1. The Bertz CT molecular complexity index is 359. The fourth-order valence-corrected chi connectivity index (χ4v) is 2.90. The third kappa shape index (κ3) is 1.03. The van der Waals surface area contributed by atoms with Gasteiger partial charge >= 0.3 is 0 Å². The Labute approximate surface area is 90.3 Å². The van der Waals surface area contributed by atoms with Crippen molar-refractivity contribution in [3.63, 3.8) is 0 Å². The van der Waals surface area contributed by atoms with Gasteiger partial charge in [0, 0.05) is 20.1 Å². The molecule has 2 atom stereocenters. The first-order chi connectivity index (χ1) is 6.74. The number of rotatable bonds is 1. The molecule has 14 heavy (non-hydrogen) atoms. The van der Waals surface area contributed by atoms with E-state index in [-0.39, 0.29) is 5.60 Å². The molecule has 2 fully saturated rings. The normalized spacial score (nSPS) is 35.4. The lowest BCUT2D eigenvalue weighted by Gasteiger charge is -2.18. The van der Waals surface area contributed by atoms with Crippen LogP contribution in [-0.4, -0.2) is 29.1 Å². The molecule has 0 unspecified atom stereocenters. The Morgan fingerprint density at radius 2 is 2.57 bits per heavy atom. The van der Waals surface area contributed by atoms with Crippen LogP contribution in [0.25, 0.3) is 0 Å². The first kappa shape index (κ1) is 8.88. The van der Waals surface area contributed by atoms with Gasteiger partial charge in [0.15, 0.2) is 5.60 Å². The van der Waals surface area contributed by atoms with Gasteiger partial charge in [-0.3, -0.25) is 4.68 Å². The number of nitrogens with zero attached hydrogens (tertiary/aromatic N) is 2. The molecule has 0 saturated carbocycles. The van der Waals surface area contributed by atoms with E-state index in [2.05, 4.69) is 21.0 Å². The molecule has 5 heteroatoms. The summed E-state index contributed by atoms with van der Waals surface area (Å²) in [6, 6.07) is 0. The monoisotopic (exact) mass is 258 g/mol. The van der Waals surface area contributed by atoms with Crippen molar-refractivity contribution in [2.24, 2.45) is 7.05 Å². The molecule has 0 radical (unpaired) electrons. The predicted octanol–water partition coefficient (Wildman–Crippen LogP) is 1.20. The van der Waals surface area contributed by atoms with Crippen LogP contribution in [-0.2, 0) is 22.1 Å². The number of hydrogen-bond donors (Lipinski definition) is 0. The largest absolute Gasteiger partial charge is 0.378 e. The van der Waals surface area contributed by atoms with Gasteiger partial charge in [-0.05, 0) is 15.9 Å². The Morgan fingerprint density at radius 1 is 1.71 bits per heavy atom. The molecule has 4 nitrogen and oxygen atoms in total. The smallest absolute Gasteiger partial charge is 0.160 e. The molecule has 0 aromatic carbocycles. The van der Waals surface area contributed by atoms with Gasteiger partial charge in [0.05, 0.1) is 29.1 Å². The lowest BCUT2D eigenvalue weighted by Crippen LogP contribution is -2.28. The minimum absolute atomic E-state index is 0.220. The van der Waals surface area contributed by atoms with Gasteiger partial charge in [-0.15, -0.1) is 0 Å². The van der Waals surface area contributed by atoms with Crippen molar-refractivity contribution < 1.29 is 9.47 Å². The van der Waals surface area contributed by atoms with Crippen LogP contribution in [0, 0.1) is 0 Å². The summed E-state index contributed by atoms with van der Waals surface area (Å²) < 4.78 is 14.1. The van der Waals surface area contributed by atoms with Gasteiger partial charge in [0.25, 0.3) is 0 Å². The maximum absolute atomic E-state index is 5.76. The second-order valence-corrected chi connectivity index (χ2v) is 4.66. The molecule has 3 heterocycles. The van der Waals surface area contributed by atoms with Gasteiger partial charge in [-0.2, -0.15) is 5.10 Å². The molecule has 0 bridgehead atoms. The van der Waals surface area contributed by atoms with Gasteiger partial charge in [-0.25, -0.2) is 0 Å². The molecule has 2 aliphatic heterocycles. The van der Waals surface area contributed by atoms with Crippen molar-refractivity contribution in [3.05, 3.63) is 16.4 Å². The number of epoxide rings is 1. The molecule has 76 valence electrons. The average Bonchev–Trinajstić information content (AvgIpc) is 2.81. The fourth-order valence-electron chi connectivity index (χ4n) is 2.22. The number of aryl methyl sites for hydroxylation is 1. The van der Waals surface area contributed by atoms with Crippen molar-refractivity contribution >= 4 is 15.9 Å². The highest BCUT2D eigenvalue weighted by molar-refractivity contribution is 9.10. The number of aromatic nitrogens is 2. The van der Waals surface area contributed by atoms with Crippen LogP contribution in [0.5, 0.6) is 0 Å². The summed E-state index contributed by atoms with van der Waals surface area (Å²) in [6.07, 6.45) is 3.11. The minimum atomic E-state index is -0.220. The summed E-state index contributed by atoms with van der Waals surface area (Å²) in [5.74, 6) is 0. The van der Waals surface area contributed by atoms with Crippen LogP contribution >= 0.6 is 15.9 Å². The predicted molar refractivity (Wildman–Crippen MR) is 52.9 cm³/mol. The van der Waals surface area contributed by atoms with Crippen LogP contribution in [0.2, 0.25) is 0 Å². The first-order valence-corrected chi connectivity index (χ1v) is 5.47. The van der Waals surface area contributed by atoms with E-state index in [0.717, 1.165) is 23.2 Å². The highest BCUT2D eigenvalue weighted by Crippen LogP contribution is 2.52. The molecule has 0 spiro atoms. The lowest BCUT2D eigenvalue weighted by atomic mass is 9.98. The summed E-state index contributed by atoms with van der Waals surface area (Å²) in [5, 5.41) is 4.20. The molecule has 3 rings (SSSR count). The molecule has 2 saturated heterocycles. The minimum Gasteiger partial charge on any atom is -0.378 e. The third-order valence-corrected chi connectivity index (χ3v) is 3.53. The zero-order valence-corrected chi connectivity index (χ0v) is 9.45. The summed E-state index contributed by atoms with van der Waals surface area (Å²) in [7, 11) is 1.93. The van der Waals surface area contributed by atoms with Crippen molar-refractivity contribution in [3.8, 4) is 0 Å². The number of fused-ring (bicyclic) bond motifs is 1. The molecule has 1 aromatic rings. The highest BCUT2D eigenvalue weighted by Gasteiger charge is 2.61. The van der Waals surface area contributed by atoms with E-state index in [4.69, 9.17) is 9.47 Å². The standard InChI is InChI=1S/C9H11BrN2O2/c1-12-8(6(10)4-11-12)9-5-13-3-2-7(9)14-9/h4,7H,2-3,5H2,1H3/t7-,9+/m0/s1. The van der Waals surface area contributed by atoms with Crippen LogP contribution in [0.15, 0.2) is 10.7 Å². The molecule has 0 aliphatic carbocycles. The van der Waals surface area contributed by atoms with Crippen LogP contribution in [0.4, 0.5) is 0 Å². The molecule has 0 N–H and O–H groups in total. The Balaban J connectivity index is 2.03. The first-order valence-electron chi connectivity index (χ1n) is 4.67. The van der Waals surface area contributed by atoms with Crippen molar-refractivity contribution in [1.29, 1.82) is 0 Å². The topological polar surface area (TPSA) is 39.6 Å². The summed E-state index contributed by atoms with van der Waals surface area (Å²) in [5.41, 5.74) is 0.879. The van der Waals surface area contributed by atoms with E-state index in [1.54, 1.807) is 6.20 Å². The van der Waals surface area contributed by atoms with E-state index < -0.39 is 0 Å².